The number of aryl methyl sites for hydroxylation is 1. The van der Waals surface area contributed by atoms with Crippen molar-refractivity contribution in [2.24, 2.45) is 0 Å². The third-order valence-corrected chi connectivity index (χ3v) is 3.13. The lowest BCUT2D eigenvalue weighted by Gasteiger charge is -2.13. The molecule has 0 amide bonds. The minimum atomic E-state index is 0.478. The molecular formula is C15H17NO2. The zero-order valence-electron chi connectivity index (χ0n) is 10.9. The molecule has 0 atom stereocenters. The minimum Gasteiger partial charge on any atom is -0.618 e. The molecular weight excluding hydrogens is 226 g/mol. The van der Waals surface area contributed by atoms with Crippen molar-refractivity contribution in [2.75, 3.05) is 0 Å². The van der Waals surface area contributed by atoms with Crippen LogP contribution in [0.25, 0.3) is 0 Å². The SMILES string of the molecule is Cc1c[n+]([O-])c(C)c(OCc2ccccc2)c1C. The van der Waals surface area contributed by atoms with E-state index < -0.39 is 0 Å². The largest absolute Gasteiger partial charge is 0.618 e. The summed E-state index contributed by atoms with van der Waals surface area (Å²) >= 11 is 0. The molecule has 1 aromatic heterocycles. The molecule has 0 fully saturated rings. The van der Waals surface area contributed by atoms with Gasteiger partial charge in [0.15, 0.2) is 11.9 Å². The normalized spacial score (nSPS) is 10.4. The van der Waals surface area contributed by atoms with Crippen LogP contribution in [0.15, 0.2) is 36.5 Å². The molecule has 3 heteroatoms. The van der Waals surface area contributed by atoms with Gasteiger partial charge in [-0.25, -0.2) is 0 Å². The lowest BCUT2D eigenvalue weighted by Crippen LogP contribution is -2.31. The molecule has 1 heterocycles. The van der Waals surface area contributed by atoms with Crippen molar-refractivity contribution in [1.82, 2.24) is 0 Å². The van der Waals surface area contributed by atoms with Gasteiger partial charge < -0.3 is 9.94 Å². The summed E-state index contributed by atoms with van der Waals surface area (Å²) in [6.45, 7) is 6.15. The summed E-state index contributed by atoms with van der Waals surface area (Å²) in [6.07, 6.45) is 1.58. The standard InChI is InChI=1S/C15H17NO2/c1-11-9-16(17)13(3)15(12(11)2)18-10-14-7-5-4-6-8-14/h4-9H,10H2,1-3H3. The van der Waals surface area contributed by atoms with Gasteiger partial charge in [-0.3, -0.25) is 0 Å². The highest BCUT2D eigenvalue weighted by Gasteiger charge is 2.15. The average molecular weight is 243 g/mol. The molecule has 18 heavy (non-hydrogen) atoms. The Morgan fingerprint density at radius 3 is 2.44 bits per heavy atom. The molecule has 2 rings (SSSR count). The van der Waals surface area contributed by atoms with Crippen molar-refractivity contribution in [2.45, 2.75) is 27.4 Å². The Labute approximate surface area is 107 Å². The van der Waals surface area contributed by atoms with E-state index in [0.29, 0.717) is 18.1 Å². The number of hydrogen-bond acceptors (Lipinski definition) is 2. The second kappa shape index (κ2) is 5.08. The summed E-state index contributed by atoms with van der Waals surface area (Å²) in [5, 5.41) is 11.7. The zero-order valence-corrected chi connectivity index (χ0v) is 10.9. The van der Waals surface area contributed by atoms with E-state index in [1.54, 1.807) is 13.1 Å². The van der Waals surface area contributed by atoms with E-state index in [2.05, 4.69) is 0 Å². The second-order valence-corrected chi connectivity index (χ2v) is 4.45. The summed E-state index contributed by atoms with van der Waals surface area (Å²) in [4.78, 5) is 0. The monoisotopic (exact) mass is 243 g/mol. The lowest BCUT2D eigenvalue weighted by molar-refractivity contribution is -0.613. The fourth-order valence-corrected chi connectivity index (χ4v) is 1.86. The number of hydrogen-bond donors (Lipinski definition) is 0. The highest BCUT2D eigenvalue weighted by atomic mass is 16.5. The van der Waals surface area contributed by atoms with Crippen molar-refractivity contribution >= 4 is 0 Å². The molecule has 0 radical (unpaired) electrons. The van der Waals surface area contributed by atoms with E-state index in [9.17, 15) is 5.21 Å². The quantitative estimate of drug-likeness (QED) is 0.614. The summed E-state index contributed by atoms with van der Waals surface area (Å²) in [7, 11) is 0. The maximum atomic E-state index is 11.7. The number of nitrogens with zero attached hydrogens (tertiary/aromatic N) is 1. The number of pyridine rings is 1. The predicted octanol–water partition coefficient (Wildman–Crippen LogP) is 2.82. The van der Waals surface area contributed by atoms with Crippen LogP contribution in [0.5, 0.6) is 5.75 Å². The number of aromatic nitrogens is 1. The molecule has 0 unspecified atom stereocenters. The van der Waals surface area contributed by atoms with Crippen molar-refractivity contribution in [3.8, 4) is 5.75 Å². The van der Waals surface area contributed by atoms with E-state index >= 15 is 0 Å². The summed E-state index contributed by atoms with van der Waals surface area (Å²) in [6, 6.07) is 9.93. The summed E-state index contributed by atoms with van der Waals surface area (Å²) < 4.78 is 6.66. The third-order valence-electron chi connectivity index (χ3n) is 3.13. The summed E-state index contributed by atoms with van der Waals surface area (Å²) in [5.74, 6) is 0.689. The van der Waals surface area contributed by atoms with Gasteiger partial charge >= 0.3 is 0 Å². The van der Waals surface area contributed by atoms with Gasteiger partial charge in [0.05, 0.1) is 0 Å². The molecule has 3 nitrogen and oxygen atoms in total. The molecule has 0 spiro atoms. The molecule has 0 aliphatic rings. The maximum absolute atomic E-state index is 11.7. The van der Waals surface area contributed by atoms with Gasteiger partial charge in [-0.2, -0.15) is 4.73 Å². The fourth-order valence-electron chi connectivity index (χ4n) is 1.86. The first-order chi connectivity index (χ1) is 8.59. The fraction of sp³-hybridized carbons (Fsp3) is 0.267. The van der Waals surface area contributed by atoms with Crippen molar-refractivity contribution in [3.63, 3.8) is 0 Å². The van der Waals surface area contributed by atoms with Gasteiger partial charge in [-0.05, 0) is 19.4 Å². The first-order valence-corrected chi connectivity index (χ1v) is 5.96. The molecule has 0 saturated carbocycles. The Kier molecular flexibility index (Phi) is 3.51. The van der Waals surface area contributed by atoms with Gasteiger partial charge in [-0.15, -0.1) is 0 Å². The van der Waals surface area contributed by atoms with Crippen LogP contribution in [-0.2, 0) is 6.61 Å². The Balaban J connectivity index is 2.24. The molecule has 2 aromatic rings. The third kappa shape index (κ3) is 2.45. The van der Waals surface area contributed by atoms with Crippen LogP contribution < -0.4 is 9.47 Å². The van der Waals surface area contributed by atoms with Gasteiger partial charge in [0, 0.05) is 18.1 Å². The van der Waals surface area contributed by atoms with Crippen LogP contribution in [0, 0.1) is 26.0 Å². The summed E-state index contributed by atoms with van der Waals surface area (Å²) in [5.41, 5.74) is 3.67. The first kappa shape index (κ1) is 12.4. The Bertz CT molecular complexity index is 524. The number of rotatable bonds is 3. The highest BCUT2D eigenvalue weighted by Crippen LogP contribution is 2.23. The topological polar surface area (TPSA) is 36.2 Å². The van der Waals surface area contributed by atoms with E-state index in [1.807, 2.05) is 44.2 Å². The molecule has 94 valence electrons. The van der Waals surface area contributed by atoms with Gasteiger partial charge in [0.25, 0.3) is 0 Å². The second-order valence-electron chi connectivity index (χ2n) is 4.45. The minimum absolute atomic E-state index is 0.478. The van der Waals surface area contributed by atoms with Crippen molar-refractivity contribution in [1.29, 1.82) is 0 Å². The first-order valence-electron chi connectivity index (χ1n) is 5.96. The Morgan fingerprint density at radius 2 is 1.78 bits per heavy atom. The number of benzene rings is 1. The van der Waals surface area contributed by atoms with Crippen LogP contribution >= 0.6 is 0 Å². The van der Waals surface area contributed by atoms with E-state index in [0.717, 1.165) is 21.4 Å². The van der Waals surface area contributed by atoms with Crippen molar-refractivity contribution in [3.05, 3.63) is 64.1 Å². The van der Waals surface area contributed by atoms with E-state index in [-0.39, 0.29) is 0 Å². The van der Waals surface area contributed by atoms with Crippen LogP contribution in [0.2, 0.25) is 0 Å². The van der Waals surface area contributed by atoms with Crippen molar-refractivity contribution < 1.29 is 9.47 Å². The van der Waals surface area contributed by atoms with Gasteiger partial charge in [-0.1, -0.05) is 30.3 Å². The van der Waals surface area contributed by atoms with E-state index in [4.69, 9.17) is 4.74 Å². The zero-order chi connectivity index (χ0) is 13.1. The van der Waals surface area contributed by atoms with Crippen LogP contribution in [-0.4, -0.2) is 0 Å². The molecule has 0 bridgehead atoms. The van der Waals surface area contributed by atoms with Gasteiger partial charge in [0.1, 0.15) is 6.61 Å². The van der Waals surface area contributed by atoms with E-state index in [1.165, 1.54) is 0 Å². The molecule has 0 saturated heterocycles. The molecule has 0 aliphatic heterocycles. The van der Waals surface area contributed by atoms with Gasteiger partial charge in [0.2, 0.25) is 5.69 Å². The smallest absolute Gasteiger partial charge is 0.232 e. The maximum Gasteiger partial charge on any atom is 0.232 e. The Hall–Kier alpha value is -2.03. The lowest BCUT2D eigenvalue weighted by atomic mass is 10.1. The van der Waals surface area contributed by atoms with Crippen LogP contribution in [0.3, 0.4) is 0 Å². The molecule has 1 aromatic carbocycles. The van der Waals surface area contributed by atoms with Crippen LogP contribution in [0.4, 0.5) is 0 Å². The highest BCUT2D eigenvalue weighted by molar-refractivity contribution is 5.37. The predicted molar refractivity (Wildman–Crippen MR) is 70.4 cm³/mol. The number of ether oxygens (including phenoxy) is 1. The van der Waals surface area contributed by atoms with Crippen LogP contribution in [0.1, 0.15) is 22.4 Å². The molecule has 0 aliphatic carbocycles. The Morgan fingerprint density at radius 1 is 1.11 bits per heavy atom. The molecule has 0 N–H and O–H groups in total. The average Bonchev–Trinajstić information content (AvgIpc) is 2.38.